The van der Waals surface area contributed by atoms with Gasteiger partial charge < -0.3 is 4.42 Å². The topological polar surface area (TPSA) is 76.3 Å². The molecular formula is C21H12FN3O3. The van der Waals surface area contributed by atoms with E-state index in [1.54, 1.807) is 48.9 Å². The molecule has 0 radical (unpaired) electrons. The van der Waals surface area contributed by atoms with Crippen LogP contribution in [0.5, 0.6) is 0 Å². The van der Waals surface area contributed by atoms with E-state index in [4.69, 9.17) is 4.42 Å². The van der Waals surface area contributed by atoms with Gasteiger partial charge in [0.25, 0.3) is 5.91 Å². The van der Waals surface area contributed by atoms with Gasteiger partial charge in [0, 0.05) is 18.6 Å². The summed E-state index contributed by atoms with van der Waals surface area (Å²) in [6.45, 7) is 0. The summed E-state index contributed by atoms with van der Waals surface area (Å²) >= 11 is 0. The fourth-order valence-corrected chi connectivity index (χ4v) is 3.53. The van der Waals surface area contributed by atoms with Gasteiger partial charge in [0.05, 0.1) is 17.0 Å². The van der Waals surface area contributed by atoms with Crippen molar-refractivity contribution in [2.75, 3.05) is 4.90 Å². The molecule has 1 aliphatic rings. The summed E-state index contributed by atoms with van der Waals surface area (Å²) in [6, 6.07) is 11.5. The number of aromatic nitrogens is 2. The molecule has 0 fully saturated rings. The summed E-state index contributed by atoms with van der Waals surface area (Å²) in [6.07, 6.45) is 4.75. The van der Waals surface area contributed by atoms with E-state index in [2.05, 4.69) is 9.97 Å². The Hall–Kier alpha value is -3.87. The fraction of sp³-hybridized carbons (Fsp3) is 0.0476. The quantitative estimate of drug-likeness (QED) is 0.538. The van der Waals surface area contributed by atoms with Crippen LogP contribution in [0.4, 0.5) is 10.2 Å². The largest absolute Gasteiger partial charge is 0.450 e. The highest BCUT2D eigenvalue weighted by Crippen LogP contribution is 2.40. The second kappa shape index (κ2) is 6.09. The molecule has 1 atom stereocenters. The van der Waals surface area contributed by atoms with Crippen molar-refractivity contribution in [2.24, 2.45) is 0 Å². The molecule has 3 aromatic heterocycles. The van der Waals surface area contributed by atoms with Gasteiger partial charge in [-0.3, -0.25) is 19.5 Å². The minimum Gasteiger partial charge on any atom is -0.450 e. The van der Waals surface area contributed by atoms with E-state index in [0.29, 0.717) is 11.4 Å². The molecular weight excluding hydrogens is 361 g/mol. The first-order valence-electron chi connectivity index (χ1n) is 8.56. The maximum atomic E-state index is 13.7. The molecule has 0 aliphatic carbocycles. The highest BCUT2D eigenvalue weighted by Gasteiger charge is 2.44. The molecule has 4 aromatic rings. The molecule has 0 saturated heterocycles. The molecule has 1 amide bonds. The fourth-order valence-electron chi connectivity index (χ4n) is 3.53. The van der Waals surface area contributed by atoms with Crippen molar-refractivity contribution in [3.63, 3.8) is 0 Å². The van der Waals surface area contributed by atoms with E-state index in [1.165, 1.54) is 17.0 Å². The average Bonchev–Trinajstić information content (AvgIpc) is 3.03. The predicted molar refractivity (Wildman–Crippen MR) is 99.6 cm³/mol. The third kappa shape index (κ3) is 2.33. The van der Waals surface area contributed by atoms with Gasteiger partial charge in [-0.05, 0) is 42.0 Å². The van der Waals surface area contributed by atoms with E-state index in [9.17, 15) is 14.0 Å². The highest BCUT2D eigenvalue weighted by atomic mass is 19.1. The van der Waals surface area contributed by atoms with Crippen molar-refractivity contribution in [1.82, 2.24) is 9.97 Å². The van der Waals surface area contributed by atoms with Crippen LogP contribution >= 0.6 is 0 Å². The van der Waals surface area contributed by atoms with E-state index >= 15 is 0 Å². The first-order chi connectivity index (χ1) is 13.6. The Morgan fingerprint density at radius 2 is 1.93 bits per heavy atom. The van der Waals surface area contributed by atoms with Crippen molar-refractivity contribution in [3.05, 3.63) is 100 Å². The first-order valence-corrected chi connectivity index (χ1v) is 8.56. The lowest BCUT2D eigenvalue weighted by molar-refractivity contribution is 0.0970. The normalized spacial score (nSPS) is 15.8. The number of pyridine rings is 2. The molecule has 5 rings (SSSR count). The summed E-state index contributed by atoms with van der Waals surface area (Å²) in [5.41, 5.74) is 0.493. The number of benzene rings is 1. The highest BCUT2D eigenvalue weighted by molar-refractivity contribution is 6.10. The van der Waals surface area contributed by atoms with Crippen LogP contribution in [0.1, 0.15) is 27.7 Å². The molecule has 4 heterocycles. The van der Waals surface area contributed by atoms with Crippen LogP contribution in [0.3, 0.4) is 0 Å². The van der Waals surface area contributed by atoms with Crippen molar-refractivity contribution in [2.45, 2.75) is 6.04 Å². The number of amides is 1. The molecule has 0 bridgehead atoms. The van der Waals surface area contributed by atoms with Crippen LogP contribution < -0.4 is 10.3 Å². The zero-order valence-electron chi connectivity index (χ0n) is 14.4. The Kier molecular flexibility index (Phi) is 3.55. The number of halogens is 1. The maximum Gasteiger partial charge on any atom is 0.296 e. The van der Waals surface area contributed by atoms with Crippen molar-refractivity contribution in [1.29, 1.82) is 0 Å². The first kappa shape index (κ1) is 16.3. The van der Waals surface area contributed by atoms with E-state index in [0.717, 1.165) is 6.07 Å². The smallest absolute Gasteiger partial charge is 0.296 e. The molecule has 0 spiro atoms. The summed E-state index contributed by atoms with van der Waals surface area (Å²) in [7, 11) is 0. The number of rotatable bonds is 2. The van der Waals surface area contributed by atoms with Crippen molar-refractivity contribution in [3.8, 4) is 0 Å². The molecule has 7 heteroatoms. The Morgan fingerprint density at radius 1 is 1.04 bits per heavy atom. The zero-order chi connectivity index (χ0) is 19.3. The van der Waals surface area contributed by atoms with Gasteiger partial charge in [-0.25, -0.2) is 9.37 Å². The van der Waals surface area contributed by atoms with Crippen molar-refractivity contribution >= 4 is 22.7 Å². The third-order valence-electron chi connectivity index (χ3n) is 4.73. The minimum absolute atomic E-state index is 0.0661. The third-order valence-corrected chi connectivity index (χ3v) is 4.73. The number of carbonyl (C=O) groups is 1. The molecule has 6 nitrogen and oxygen atoms in total. The molecule has 1 aliphatic heterocycles. The SMILES string of the molecule is O=C1c2oc3ccc(F)cc3c(=O)c2C(c2cccnc2)N1c1ccccn1. The lowest BCUT2D eigenvalue weighted by atomic mass is 10.00. The second-order valence-electron chi connectivity index (χ2n) is 6.37. The average molecular weight is 373 g/mol. The molecule has 0 N–H and O–H groups in total. The molecule has 1 unspecified atom stereocenters. The Bertz CT molecular complexity index is 1270. The summed E-state index contributed by atoms with van der Waals surface area (Å²) in [5.74, 6) is -0.722. The maximum absolute atomic E-state index is 13.7. The van der Waals surface area contributed by atoms with Crippen molar-refractivity contribution < 1.29 is 13.6 Å². The van der Waals surface area contributed by atoms with Crippen LogP contribution in [-0.2, 0) is 0 Å². The number of anilines is 1. The number of hydrogen-bond donors (Lipinski definition) is 0. The van der Waals surface area contributed by atoms with Crippen LogP contribution in [0.2, 0.25) is 0 Å². The van der Waals surface area contributed by atoms with Crippen LogP contribution in [0.15, 0.2) is 76.3 Å². The standard InChI is InChI=1S/C21H12FN3O3/c22-13-6-7-15-14(10-13)19(26)17-18(12-4-3-8-23-11-12)25(21(27)20(17)28-15)16-5-1-2-9-24-16/h1-11,18H. The predicted octanol–water partition coefficient (Wildman–Crippen LogP) is 3.47. The molecule has 136 valence electrons. The van der Waals surface area contributed by atoms with Crippen LogP contribution in [0, 0.1) is 5.82 Å². The van der Waals surface area contributed by atoms with Crippen LogP contribution in [0.25, 0.3) is 11.0 Å². The second-order valence-corrected chi connectivity index (χ2v) is 6.37. The minimum atomic E-state index is -0.769. The Labute approximate surface area is 157 Å². The van der Waals surface area contributed by atoms with Gasteiger partial charge in [-0.15, -0.1) is 0 Å². The number of carbonyl (C=O) groups excluding carboxylic acids is 1. The zero-order valence-corrected chi connectivity index (χ0v) is 14.4. The summed E-state index contributed by atoms with van der Waals surface area (Å²) in [5, 5.41) is 0.0864. The lowest BCUT2D eigenvalue weighted by Gasteiger charge is -2.23. The Balaban J connectivity index is 1.84. The van der Waals surface area contributed by atoms with E-state index in [-0.39, 0.29) is 22.3 Å². The van der Waals surface area contributed by atoms with Gasteiger partial charge in [0.1, 0.15) is 17.2 Å². The molecule has 28 heavy (non-hydrogen) atoms. The van der Waals surface area contributed by atoms with Gasteiger partial charge >= 0.3 is 0 Å². The van der Waals surface area contributed by atoms with Gasteiger partial charge in [-0.1, -0.05) is 12.1 Å². The monoisotopic (exact) mass is 373 g/mol. The Morgan fingerprint density at radius 3 is 2.68 bits per heavy atom. The number of fused-ring (bicyclic) bond motifs is 2. The molecule has 0 saturated carbocycles. The van der Waals surface area contributed by atoms with Gasteiger partial charge in [0.2, 0.25) is 5.76 Å². The lowest BCUT2D eigenvalue weighted by Crippen LogP contribution is -2.30. The number of nitrogens with zero attached hydrogens (tertiary/aromatic N) is 3. The van der Waals surface area contributed by atoms with Crippen LogP contribution in [-0.4, -0.2) is 15.9 Å². The van der Waals surface area contributed by atoms with Gasteiger partial charge in [-0.2, -0.15) is 0 Å². The summed E-state index contributed by atoms with van der Waals surface area (Å²) < 4.78 is 19.5. The van der Waals surface area contributed by atoms with E-state index in [1.807, 2.05) is 0 Å². The van der Waals surface area contributed by atoms with Gasteiger partial charge in [0.15, 0.2) is 5.43 Å². The number of hydrogen-bond acceptors (Lipinski definition) is 5. The summed E-state index contributed by atoms with van der Waals surface area (Å²) in [4.78, 5) is 36.2. The van der Waals surface area contributed by atoms with E-state index < -0.39 is 23.2 Å². The molecule has 1 aromatic carbocycles.